The van der Waals surface area contributed by atoms with Gasteiger partial charge in [0, 0.05) is 100 Å². The molecule has 1 aliphatic heterocycles. The van der Waals surface area contributed by atoms with Crippen molar-refractivity contribution in [3.05, 3.63) is 94.4 Å². The Morgan fingerprint density at radius 1 is 0.909 bits per heavy atom. The zero-order valence-electron chi connectivity index (χ0n) is 37.7. The molecule has 1 fully saturated rings. The topological polar surface area (TPSA) is 173 Å². The summed E-state index contributed by atoms with van der Waals surface area (Å²) in [4.78, 5) is 38.4. The van der Waals surface area contributed by atoms with Gasteiger partial charge in [-0.25, -0.2) is 14.6 Å². The van der Waals surface area contributed by atoms with Gasteiger partial charge in [-0.3, -0.25) is 9.59 Å². The second-order valence-electron chi connectivity index (χ2n) is 16.2. The molecule has 0 atom stereocenters. The zero-order chi connectivity index (χ0) is 45.8. The first-order chi connectivity index (χ1) is 32.3. The van der Waals surface area contributed by atoms with Crippen LogP contribution in [-0.4, -0.2) is 105 Å². The monoisotopic (exact) mass is 920 g/mol. The van der Waals surface area contributed by atoms with Crippen molar-refractivity contribution in [1.29, 1.82) is 0 Å². The standard InChI is InChI=1S/C50H56N12O2S2/c1-4-27-65-50-56-47(54-22-20-51)46-48(57-50)62(59-58-46)32-35-10-8-34(9-11-35)7-6-21-55-49(64)38-18-24-60(25-19-38)26-23-53-45(63)17-13-37-29-44(66-33-37)39-14-15-40-41-28-36(31-52-3)12-16-42(41)61(5-2)43(40)30-39/h8-12,14-16,28-30,33,38,52H,4-5,18-27,31-32,51H2,1-3H3,(H,53,63)(H,55,64)(H,54,56,57). The fourth-order valence-electron chi connectivity index (χ4n) is 8.23. The first kappa shape index (κ1) is 46.3. The van der Waals surface area contributed by atoms with E-state index in [0.717, 1.165) is 78.3 Å². The van der Waals surface area contributed by atoms with E-state index in [2.05, 4.69) is 126 Å². The number of nitrogens with one attached hydrogen (secondary N) is 4. The van der Waals surface area contributed by atoms with Gasteiger partial charge in [0.1, 0.15) is 0 Å². The fraction of sp³-hybridized carbons (Fsp3) is 0.360. The molecule has 0 radical (unpaired) electrons. The predicted molar refractivity (Wildman–Crippen MR) is 267 cm³/mol. The average Bonchev–Trinajstić information content (AvgIpc) is 4.07. The van der Waals surface area contributed by atoms with E-state index in [1.54, 1.807) is 27.8 Å². The number of carbonyl (C=O) groups excluding carboxylic acids is 2. The van der Waals surface area contributed by atoms with Crippen LogP contribution < -0.4 is 27.0 Å². The summed E-state index contributed by atoms with van der Waals surface area (Å²) in [6.07, 6.45) is 2.54. The van der Waals surface area contributed by atoms with Gasteiger partial charge in [-0.2, -0.15) is 0 Å². The molecule has 0 bridgehead atoms. The second-order valence-corrected chi connectivity index (χ2v) is 18.2. The highest BCUT2D eigenvalue weighted by Crippen LogP contribution is 2.35. The third-order valence-electron chi connectivity index (χ3n) is 11.6. The number of rotatable bonds is 17. The van der Waals surface area contributed by atoms with Crippen molar-refractivity contribution in [3.8, 4) is 34.1 Å². The number of benzene rings is 3. The normalized spacial score (nSPS) is 13.1. The van der Waals surface area contributed by atoms with Crippen molar-refractivity contribution in [2.24, 2.45) is 11.7 Å². The number of likely N-dealkylation sites (tertiary alicyclic amines) is 1. The van der Waals surface area contributed by atoms with E-state index in [1.807, 2.05) is 36.7 Å². The van der Waals surface area contributed by atoms with Gasteiger partial charge in [-0.1, -0.05) is 72.0 Å². The Balaban J connectivity index is 0.750. The molecule has 0 saturated carbocycles. The number of amides is 2. The van der Waals surface area contributed by atoms with E-state index in [-0.39, 0.29) is 24.3 Å². The van der Waals surface area contributed by atoms with Crippen LogP contribution in [0.1, 0.15) is 55.4 Å². The maximum Gasteiger partial charge on any atom is 0.296 e. The Morgan fingerprint density at radius 2 is 1.74 bits per heavy atom. The zero-order valence-corrected chi connectivity index (χ0v) is 39.4. The summed E-state index contributed by atoms with van der Waals surface area (Å²) in [6, 6.07) is 23.4. The molecule has 7 aromatic rings. The van der Waals surface area contributed by atoms with Gasteiger partial charge in [-0.05, 0) is 99.4 Å². The Hall–Kier alpha value is -6.27. The van der Waals surface area contributed by atoms with Crippen molar-refractivity contribution in [1.82, 2.24) is 50.4 Å². The van der Waals surface area contributed by atoms with Gasteiger partial charge in [0.2, 0.25) is 5.91 Å². The molecule has 66 heavy (non-hydrogen) atoms. The minimum atomic E-state index is -0.294. The van der Waals surface area contributed by atoms with Crippen LogP contribution in [0, 0.1) is 29.6 Å². The van der Waals surface area contributed by atoms with Gasteiger partial charge in [0.25, 0.3) is 5.91 Å². The highest BCUT2D eigenvalue weighted by atomic mass is 32.2. The largest absolute Gasteiger partial charge is 0.367 e. The molecular formula is C50H56N12O2S2. The minimum Gasteiger partial charge on any atom is -0.367 e. The molecule has 340 valence electrons. The minimum absolute atomic E-state index is 0.0319. The summed E-state index contributed by atoms with van der Waals surface area (Å²) in [5.41, 5.74) is 14.6. The molecule has 2 amide bonds. The predicted octanol–water partition coefficient (Wildman–Crippen LogP) is 6.07. The van der Waals surface area contributed by atoms with Gasteiger partial charge in [0.15, 0.2) is 22.1 Å². The maximum atomic E-state index is 13.0. The molecule has 16 heteroatoms. The van der Waals surface area contributed by atoms with Crippen molar-refractivity contribution < 1.29 is 9.59 Å². The Bertz CT molecular complexity index is 2940. The number of nitrogens with zero attached hydrogens (tertiary/aromatic N) is 7. The first-order valence-electron chi connectivity index (χ1n) is 22.7. The number of nitrogens with two attached hydrogens (primary N) is 1. The number of anilines is 1. The van der Waals surface area contributed by atoms with Crippen LogP contribution in [0.2, 0.25) is 0 Å². The molecule has 8 rings (SSSR count). The molecule has 0 spiro atoms. The number of thiophene rings is 1. The molecule has 5 heterocycles. The summed E-state index contributed by atoms with van der Waals surface area (Å²) in [7, 11) is 1.97. The van der Waals surface area contributed by atoms with E-state index >= 15 is 0 Å². The van der Waals surface area contributed by atoms with E-state index in [1.165, 1.54) is 27.4 Å². The smallest absolute Gasteiger partial charge is 0.296 e. The number of hydrogen-bond donors (Lipinski definition) is 5. The molecule has 0 aliphatic carbocycles. The van der Waals surface area contributed by atoms with Crippen molar-refractivity contribution in [3.63, 3.8) is 0 Å². The van der Waals surface area contributed by atoms with Crippen LogP contribution in [0.25, 0.3) is 43.4 Å². The molecule has 4 aromatic heterocycles. The quantitative estimate of drug-likeness (QED) is 0.0408. The number of hydrogen-bond acceptors (Lipinski definition) is 12. The number of thioether (sulfide) groups is 1. The van der Waals surface area contributed by atoms with Gasteiger partial charge in [0.05, 0.1) is 13.1 Å². The van der Waals surface area contributed by atoms with Gasteiger partial charge in [-0.15, -0.1) is 16.4 Å². The summed E-state index contributed by atoms with van der Waals surface area (Å²) >= 11 is 3.24. The summed E-state index contributed by atoms with van der Waals surface area (Å²) < 4.78 is 4.16. The molecule has 1 saturated heterocycles. The Labute approximate surface area is 393 Å². The highest BCUT2D eigenvalue weighted by Gasteiger charge is 2.24. The SMILES string of the molecule is CCCSc1nc(NCCN)c2nnn(Cc3ccc(C#CCNC(=O)C4CCN(CCNC(=O)C#Cc5csc(-c6ccc7c8cc(CNC)ccc8n(CC)c7c6)c5)CC4)cc3)c2n1. The number of aromatic nitrogens is 6. The van der Waals surface area contributed by atoms with Gasteiger partial charge >= 0.3 is 0 Å². The summed E-state index contributed by atoms with van der Waals surface area (Å²) in [5.74, 6) is 13.3. The first-order valence-corrected chi connectivity index (χ1v) is 24.5. The second kappa shape index (κ2) is 22.3. The summed E-state index contributed by atoms with van der Waals surface area (Å²) in [5, 5.41) is 26.4. The van der Waals surface area contributed by atoms with Crippen molar-refractivity contribution in [2.45, 2.75) is 57.9 Å². The number of piperidine rings is 1. The lowest BCUT2D eigenvalue weighted by molar-refractivity contribution is -0.126. The van der Waals surface area contributed by atoms with Crippen molar-refractivity contribution >= 4 is 73.7 Å². The molecule has 6 N–H and O–H groups in total. The van der Waals surface area contributed by atoms with Crippen LogP contribution in [0.15, 0.2) is 77.3 Å². The van der Waals surface area contributed by atoms with Gasteiger partial charge < -0.3 is 36.5 Å². The molecular weight excluding hydrogens is 865 g/mol. The van der Waals surface area contributed by atoms with E-state index in [9.17, 15) is 9.59 Å². The van der Waals surface area contributed by atoms with Crippen LogP contribution in [0.3, 0.4) is 0 Å². The van der Waals surface area contributed by atoms with E-state index in [4.69, 9.17) is 10.7 Å². The lowest BCUT2D eigenvalue weighted by Crippen LogP contribution is -2.43. The number of aryl methyl sites for hydroxylation is 1. The van der Waals surface area contributed by atoms with Crippen molar-refractivity contribution in [2.75, 3.05) is 63.9 Å². The average molecular weight is 921 g/mol. The molecule has 0 unspecified atom stereocenters. The molecule has 14 nitrogen and oxygen atoms in total. The summed E-state index contributed by atoms with van der Waals surface area (Å²) in [6.45, 7) is 10.7. The molecule has 1 aliphatic rings. The van der Waals surface area contributed by atoms with E-state index < -0.39 is 0 Å². The Morgan fingerprint density at radius 3 is 2.53 bits per heavy atom. The Kier molecular flexibility index (Phi) is 15.6. The van der Waals surface area contributed by atoms with Crippen LogP contribution in [-0.2, 0) is 29.2 Å². The highest BCUT2D eigenvalue weighted by molar-refractivity contribution is 7.99. The molecule has 3 aromatic carbocycles. The lowest BCUT2D eigenvalue weighted by atomic mass is 9.96. The maximum absolute atomic E-state index is 13.0. The van der Waals surface area contributed by atoms with Crippen LogP contribution in [0.4, 0.5) is 5.82 Å². The van der Waals surface area contributed by atoms with E-state index in [0.29, 0.717) is 54.9 Å². The fourth-order valence-corrected chi connectivity index (χ4v) is 9.76. The lowest BCUT2D eigenvalue weighted by Gasteiger charge is -2.31. The third-order valence-corrected chi connectivity index (χ3v) is 13.6. The van der Waals surface area contributed by atoms with Crippen LogP contribution >= 0.6 is 23.1 Å². The third kappa shape index (κ3) is 11.2. The number of fused-ring (bicyclic) bond motifs is 4. The van der Waals surface area contributed by atoms with Crippen LogP contribution in [0.5, 0.6) is 0 Å². The number of carbonyl (C=O) groups is 2.